The summed E-state index contributed by atoms with van der Waals surface area (Å²) in [5.74, 6) is -1.04. The summed E-state index contributed by atoms with van der Waals surface area (Å²) < 4.78 is 0. The molecule has 0 saturated heterocycles. The molecule has 1 aromatic heterocycles. The lowest BCUT2D eigenvalue weighted by Crippen LogP contribution is -2.05. The molecule has 0 unspecified atom stereocenters. The van der Waals surface area contributed by atoms with Gasteiger partial charge in [0.2, 0.25) is 0 Å². The second kappa shape index (κ2) is 4.15. The minimum atomic E-state index is -1.04. The zero-order valence-electron chi connectivity index (χ0n) is 8.27. The van der Waals surface area contributed by atoms with Crippen molar-refractivity contribution < 1.29 is 15.0 Å². The quantitative estimate of drug-likeness (QED) is 0.770. The van der Waals surface area contributed by atoms with Gasteiger partial charge in [-0.25, -0.2) is 0 Å². The fourth-order valence-corrected chi connectivity index (χ4v) is 1.76. The number of halogens is 1. The van der Waals surface area contributed by atoms with Gasteiger partial charge in [-0.15, -0.1) is 0 Å². The smallest absolute Gasteiger partial charge is 0.306 e. The van der Waals surface area contributed by atoms with Gasteiger partial charge in [0.05, 0.1) is 6.42 Å². The highest BCUT2D eigenvalue weighted by Gasteiger charge is 2.14. The number of nitrogens with one attached hydrogen (secondary N) is 1. The second-order valence-electron chi connectivity index (χ2n) is 3.57. The lowest BCUT2D eigenvalue weighted by Gasteiger charge is -2.03. The topological polar surface area (TPSA) is 73.3 Å². The van der Waals surface area contributed by atoms with Gasteiger partial charge in [-0.05, 0) is 24.3 Å². The lowest BCUT2D eigenvalue weighted by atomic mass is 10.2. The Labute approximate surface area is 96.5 Å². The molecule has 2 aromatic rings. The summed E-state index contributed by atoms with van der Waals surface area (Å²) in [6.07, 6.45) is -1.34. The Bertz CT molecular complexity index is 535. The fraction of sp³-hybridized carbons (Fsp3) is 0.182. The summed E-state index contributed by atoms with van der Waals surface area (Å²) in [5, 5.41) is 19.6. The van der Waals surface area contributed by atoms with Crippen molar-refractivity contribution in [2.45, 2.75) is 12.5 Å². The third kappa shape index (κ3) is 2.18. The van der Waals surface area contributed by atoms with Crippen LogP contribution in [0.3, 0.4) is 0 Å². The number of H-pyrrole nitrogens is 1. The Kier molecular flexibility index (Phi) is 2.85. The SMILES string of the molecule is O=C(O)C[C@@H](O)c1cc2cc(Cl)ccc2[nH]1. The summed E-state index contributed by atoms with van der Waals surface area (Å²) in [5.41, 5.74) is 1.31. The summed E-state index contributed by atoms with van der Waals surface area (Å²) in [6.45, 7) is 0. The first-order valence-electron chi connectivity index (χ1n) is 4.74. The van der Waals surface area contributed by atoms with Gasteiger partial charge in [0.25, 0.3) is 0 Å². The zero-order valence-corrected chi connectivity index (χ0v) is 9.03. The molecule has 0 fully saturated rings. The summed E-state index contributed by atoms with van der Waals surface area (Å²) in [7, 11) is 0. The Balaban J connectivity index is 2.35. The highest BCUT2D eigenvalue weighted by molar-refractivity contribution is 6.31. The van der Waals surface area contributed by atoms with E-state index in [4.69, 9.17) is 16.7 Å². The molecule has 0 spiro atoms. The van der Waals surface area contributed by atoms with E-state index < -0.39 is 12.1 Å². The first-order valence-corrected chi connectivity index (χ1v) is 5.12. The van der Waals surface area contributed by atoms with Crippen LogP contribution in [0.15, 0.2) is 24.3 Å². The van der Waals surface area contributed by atoms with Gasteiger partial charge < -0.3 is 15.2 Å². The van der Waals surface area contributed by atoms with Gasteiger partial charge in [0.15, 0.2) is 0 Å². The lowest BCUT2D eigenvalue weighted by molar-refractivity contribution is -0.139. The van der Waals surface area contributed by atoms with Crippen LogP contribution in [0.2, 0.25) is 5.02 Å². The van der Waals surface area contributed by atoms with E-state index in [1.165, 1.54) is 0 Å². The number of aliphatic hydroxyl groups excluding tert-OH is 1. The largest absolute Gasteiger partial charge is 0.481 e. The number of rotatable bonds is 3. The molecule has 3 N–H and O–H groups in total. The van der Waals surface area contributed by atoms with Crippen molar-refractivity contribution >= 4 is 28.5 Å². The average molecular weight is 240 g/mol. The highest BCUT2D eigenvalue weighted by atomic mass is 35.5. The molecule has 0 aliphatic carbocycles. The van der Waals surface area contributed by atoms with E-state index in [1.54, 1.807) is 24.3 Å². The van der Waals surface area contributed by atoms with Crippen LogP contribution in [0, 0.1) is 0 Å². The Morgan fingerprint density at radius 1 is 1.44 bits per heavy atom. The summed E-state index contributed by atoms with van der Waals surface area (Å²) in [4.78, 5) is 13.4. The van der Waals surface area contributed by atoms with Gasteiger partial charge in [0.1, 0.15) is 6.10 Å². The van der Waals surface area contributed by atoms with Crippen molar-refractivity contribution in [2.24, 2.45) is 0 Å². The van der Waals surface area contributed by atoms with Crippen LogP contribution in [-0.4, -0.2) is 21.2 Å². The average Bonchev–Trinajstić information content (AvgIpc) is 2.59. The number of aliphatic hydroxyl groups is 1. The van der Waals surface area contributed by atoms with E-state index in [9.17, 15) is 9.90 Å². The number of aromatic nitrogens is 1. The van der Waals surface area contributed by atoms with E-state index in [-0.39, 0.29) is 6.42 Å². The molecule has 1 atom stereocenters. The molecular weight excluding hydrogens is 230 g/mol. The van der Waals surface area contributed by atoms with Crippen LogP contribution >= 0.6 is 11.6 Å². The van der Waals surface area contributed by atoms with Crippen molar-refractivity contribution in [3.8, 4) is 0 Å². The molecule has 5 heteroatoms. The van der Waals surface area contributed by atoms with E-state index >= 15 is 0 Å². The fourth-order valence-electron chi connectivity index (χ4n) is 1.58. The van der Waals surface area contributed by atoms with Crippen LogP contribution in [0.25, 0.3) is 10.9 Å². The molecule has 2 rings (SSSR count). The van der Waals surface area contributed by atoms with Gasteiger partial charge in [-0.1, -0.05) is 11.6 Å². The number of aromatic amines is 1. The van der Waals surface area contributed by atoms with E-state index in [0.717, 1.165) is 10.9 Å². The molecule has 0 aliphatic heterocycles. The van der Waals surface area contributed by atoms with Crippen LogP contribution in [0.1, 0.15) is 18.2 Å². The maximum Gasteiger partial charge on any atom is 0.306 e. The maximum absolute atomic E-state index is 10.5. The van der Waals surface area contributed by atoms with Crippen molar-refractivity contribution in [1.29, 1.82) is 0 Å². The molecule has 4 nitrogen and oxygen atoms in total. The molecule has 0 radical (unpaired) electrons. The molecule has 0 bridgehead atoms. The van der Waals surface area contributed by atoms with Crippen molar-refractivity contribution in [3.05, 3.63) is 35.0 Å². The number of hydrogen-bond donors (Lipinski definition) is 3. The number of carboxylic acids is 1. The maximum atomic E-state index is 10.5. The molecule has 84 valence electrons. The molecule has 1 aromatic carbocycles. The molecule has 16 heavy (non-hydrogen) atoms. The zero-order chi connectivity index (χ0) is 11.7. The molecule has 1 heterocycles. The van der Waals surface area contributed by atoms with Gasteiger partial charge in [-0.2, -0.15) is 0 Å². The predicted molar refractivity (Wildman–Crippen MR) is 60.5 cm³/mol. The first kappa shape index (κ1) is 11.0. The minimum absolute atomic E-state index is 0.319. The minimum Gasteiger partial charge on any atom is -0.481 e. The predicted octanol–water partition coefficient (Wildman–Crippen LogP) is 2.33. The number of aliphatic carboxylic acids is 1. The number of carbonyl (C=O) groups is 1. The number of hydrogen-bond acceptors (Lipinski definition) is 2. The van der Waals surface area contributed by atoms with Crippen LogP contribution in [0.5, 0.6) is 0 Å². The number of carboxylic acid groups (broad SMARTS) is 1. The highest BCUT2D eigenvalue weighted by Crippen LogP contribution is 2.24. The Morgan fingerprint density at radius 3 is 2.88 bits per heavy atom. The number of fused-ring (bicyclic) bond motifs is 1. The van der Waals surface area contributed by atoms with Gasteiger partial charge in [0, 0.05) is 21.6 Å². The second-order valence-corrected chi connectivity index (χ2v) is 4.01. The standard InChI is InChI=1S/C11H10ClNO3/c12-7-1-2-8-6(3-7)4-9(13-8)10(14)5-11(15)16/h1-4,10,13-14H,5H2,(H,15,16)/t10-/m1/s1. The summed E-state index contributed by atoms with van der Waals surface area (Å²) >= 11 is 5.82. The third-order valence-electron chi connectivity index (χ3n) is 2.33. The molecule has 0 amide bonds. The normalized spacial score (nSPS) is 12.9. The Morgan fingerprint density at radius 2 is 2.19 bits per heavy atom. The van der Waals surface area contributed by atoms with Crippen LogP contribution in [0.4, 0.5) is 0 Å². The number of benzene rings is 1. The first-order chi connectivity index (χ1) is 7.56. The van der Waals surface area contributed by atoms with Crippen LogP contribution in [-0.2, 0) is 4.79 Å². The summed E-state index contributed by atoms with van der Waals surface area (Å²) in [6, 6.07) is 6.97. The molecule has 0 aliphatic rings. The van der Waals surface area contributed by atoms with Crippen molar-refractivity contribution in [2.75, 3.05) is 0 Å². The van der Waals surface area contributed by atoms with E-state index in [1.807, 2.05) is 0 Å². The molecular formula is C11H10ClNO3. The van der Waals surface area contributed by atoms with E-state index in [2.05, 4.69) is 4.98 Å². The van der Waals surface area contributed by atoms with Crippen LogP contribution < -0.4 is 0 Å². The molecule has 0 saturated carbocycles. The van der Waals surface area contributed by atoms with Gasteiger partial charge >= 0.3 is 5.97 Å². The Hall–Kier alpha value is -1.52. The third-order valence-corrected chi connectivity index (χ3v) is 2.57. The van der Waals surface area contributed by atoms with E-state index in [0.29, 0.717) is 10.7 Å². The monoisotopic (exact) mass is 239 g/mol. The van der Waals surface area contributed by atoms with Crippen molar-refractivity contribution in [1.82, 2.24) is 4.98 Å². The van der Waals surface area contributed by atoms with Gasteiger partial charge in [-0.3, -0.25) is 4.79 Å². The van der Waals surface area contributed by atoms with Crippen molar-refractivity contribution in [3.63, 3.8) is 0 Å².